The van der Waals surface area contributed by atoms with E-state index in [0.717, 1.165) is 31.2 Å². The zero-order chi connectivity index (χ0) is 20.9. The molecule has 0 unspecified atom stereocenters. The number of aryl methyl sites for hydroxylation is 1. The summed E-state index contributed by atoms with van der Waals surface area (Å²) in [6, 6.07) is 7.44. The summed E-state index contributed by atoms with van der Waals surface area (Å²) in [5.41, 5.74) is 2.12. The third-order valence-corrected chi connectivity index (χ3v) is 5.25. The van der Waals surface area contributed by atoms with E-state index in [1.54, 1.807) is 0 Å². The number of unbranched alkanes of at least 4 members (excludes halogenated alkanes) is 6. The van der Waals surface area contributed by atoms with Crippen LogP contribution in [0, 0.1) is 5.92 Å². The van der Waals surface area contributed by atoms with Gasteiger partial charge in [-0.3, -0.25) is 4.79 Å². The van der Waals surface area contributed by atoms with Gasteiger partial charge in [-0.1, -0.05) is 65.7 Å². The molecule has 1 aromatic carbocycles. The normalized spacial score (nSPS) is 12.0. The van der Waals surface area contributed by atoms with E-state index in [1.165, 1.54) is 44.1 Å². The molecule has 0 amide bonds. The van der Waals surface area contributed by atoms with Gasteiger partial charge in [0.1, 0.15) is 5.75 Å². The van der Waals surface area contributed by atoms with Crippen LogP contribution in [0.3, 0.4) is 0 Å². The fourth-order valence-corrected chi connectivity index (χ4v) is 3.26. The molecule has 0 saturated carbocycles. The van der Waals surface area contributed by atoms with Gasteiger partial charge in [-0.05, 0) is 49.1 Å². The highest BCUT2D eigenvalue weighted by atomic mass is 16.5. The molecule has 158 valence electrons. The SMILES string of the molecule is CCCCCCCCc1cnc(-c2ccc(OC(=O)[C@@H](C)CCCC)cc2)nc1. The Morgan fingerprint density at radius 2 is 1.52 bits per heavy atom. The highest BCUT2D eigenvalue weighted by Gasteiger charge is 2.14. The first-order chi connectivity index (χ1) is 14.1. The molecule has 29 heavy (non-hydrogen) atoms. The molecule has 0 saturated heterocycles. The molecule has 1 atom stereocenters. The quantitative estimate of drug-likeness (QED) is 0.213. The summed E-state index contributed by atoms with van der Waals surface area (Å²) >= 11 is 0. The Morgan fingerprint density at radius 1 is 0.897 bits per heavy atom. The van der Waals surface area contributed by atoms with Crippen LogP contribution in [-0.2, 0) is 11.2 Å². The summed E-state index contributed by atoms with van der Waals surface area (Å²) in [4.78, 5) is 21.1. The molecule has 0 aliphatic heterocycles. The minimum Gasteiger partial charge on any atom is -0.426 e. The van der Waals surface area contributed by atoms with E-state index < -0.39 is 0 Å². The van der Waals surface area contributed by atoms with Crippen molar-refractivity contribution in [2.75, 3.05) is 0 Å². The number of hydrogen-bond acceptors (Lipinski definition) is 4. The number of hydrogen-bond donors (Lipinski definition) is 0. The Kier molecular flexibility index (Phi) is 10.4. The fraction of sp³-hybridized carbons (Fsp3) is 0.560. The first kappa shape index (κ1) is 23.1. The fourth-order valence-electron chi connectivity index (χ4n) is 3.26. The lowest BCUT2D eigenvalue weighted by molar-refractivity contribution is -0.138. The highest BCUT2D eigenvalue weighted by molar-refractivity contribution is 5.75. The van der Waals surface area contributed by atoms with Gasteiger partial charge in [-0.15, -0.1) is 0 Å². The molecule has 2 rings (SSSR count). The third-order valence-electron chi connectivity index (χ3n) is 5.25. The summed E-state index contributed by atoms with van der Waals surface area (Å²) in [5, 5.41) is 0. The summed E-state index contributed by atoms with van der Waals surface area (Å²) in [7, 11) is 0. The van der Waals surface area contributed by atoms with Gasteiger partial charge in [0.15, 0.2) is 5.82 Å². The maximum absolute atomic E-state index is 12.1. The molecule has 4 nitrogen and oxygen atoms in total. The van der Waals surface area contributed by atoms with E-state index >= 15 is 0 Å². The molecular weight excluding hydrogens is 360 g/mol. The number of aromatic nitrogens is 2. The first-order valence-corrected chi connectivity index (χ1v) is 11.3. The average Bonchev–Trinajstić information content (AvgIpc) is 2.75. The second kappa shape index (κ2) is 13.1. The number of nitrogens with zero attached hydrogens (tertiary/aromatic N) is 2. The standard InChI is InChI=1S/C25H36N2O2/c1-4-6-8-9-10-11-13-21-18-26-24(27-19-21)22-14-16-23(17-15-22)29-25(28)20(3)12-7-5-2/h14-20H,4-13H2,1-3H3/t20-/m0/s1. The van der Waals surface area contributed by atoms with Crippen molar-refractivity contribution in [1.82, 2.24) is 9.97 Å². The van der Waals surface area contributed by atoms with Crippen molar-refractivity contribution in [2.24, 2.45) is 5.92 Å². The molecule has 0 fully saturated rings. The molecule has 4 heteroatoms. The van der Waals surface area contributed by atoms with Crippen molar-refractivity contribution in [2.45, 2.75) is 85.0 Å². The van der Waals surface area contributed by atoms with Gasteiger partial charge >= 0.3 is 5.97 Å². The number of carbonyl (C=O) groups is 1. The molecule has 0 N–H and O–H groups in total. The summed E-state index contributed by atoms with van der Waals surface area (Å²) in [6.45, 7) is 6.29. The van der Waals surface area contributed by atoms with Gasteiger partial charge in [0.2, 0.25) is 0 Å². The molecule has 0 spiro atoms. The number of carbonyl (C=O) groups excluding carboxylic acids is 1. The van der Waals surface area contributed by atoms with Crippen LogP contribution in [0.25, 0.3) is 11.4 Å². The summed E-state index contributed by atoms with van der Waals surface area (Å²) < 4.78 is 5.48. The number of benzene rings is 1. The van der Waals surface area contributed by atoms with Crippen molar-refractivity contribution in [3.8, 4) is 17.1 Å². The van der Waals surface area contributed by atoms with Crippen LogP contribution in [0.2, 0.25) is 0 Å². The molecule has 1 heterocycles. The van der Waals surface area contributed by atoms with Gasteiger partial charge in [0, 0.05) is 18.0 Å². The maximum Gasteiger partial charge on any atom is 0.314 e. The van der Waals surface area contributed by atoms with E-state index in [-0.39, 0.29) is 11.9 Å². The zero-order valence-corrected chi connectivity index (χ0v) is 18.3. The Hall–Kier alpha value is -2.23. The van der Waals surface area contributed by atoms with Crippen LogP contribution in [-0.4, -0.2) is 15.9 Å². The van der Waals surface area contributed by atoms with Crippen LogP contribution in [0.4, 0.5) is 0 Å². The lowest BCUT2D eigenvalue weighted by Gasteiger charge is -2.11. The van der Waals surface area contributed by atoms with Crippen molar-refractivity contribution < 1.29 is 9.53 Å². The van der Waals surface area contributed by atoms with Crippen molar-refractivity contribution in [3.63, 3.8) is 0 Å². The van der Waals surface area contributed by atoms with E-state index in [4.69, 9.17) is 4.74 Å². The van der Waals surface area contributed by atoms with E-state index in [0.29, 0.717) is 11.6 Å². The van der Waals surface area contributed by atoms with E-state index in [2.05, 4.69) is 23.8 Å². The minimum absolute atomic E-state index is 0.0721. The van der Waals surface area contributed by atoms with Gasteiger partial charge in [-0.2, -0.15) is 0 Å². The van der Waals surface area contributed by atoms with Gasteiger partial charge in [0.25, 0.3) is 0 Å². The molecular formula is C25H36N2O2. The minimum atomic E-state index is -0.165. The van der Waals surface area contributed by atoms with Crippen molar-refractivity contribution >= 4 is 5.97 Å². The summed E-state index contributed by atoms with van der Waals surface area (Å²) in [5.74, 6) is 1.03. The summed E-state index contributed by atoms with van der Waals surface area (Å²) in [6.07, 6.45) is 15.7. The Morgan fingerprint density at radius 3 is 2.17 bits per heavy atom. The van der Waals surface area contributed by atoms with Crippen LogP contribution in [0.15, 0.2) is 36.7 Å². The third kappa shape index (κ3) is 8.35. The first-order valence-electron chi connectivity index (χ1n) is 11.3. The topological polar surface area (TPSA) is 52.1 Å². The van der Waals surface area contributed by atoms with E-state index in [1.807, 2.05) is 43.6 Å². The molecule has 0 aliphatic carbocycles. The van der Waals surface area contributed by atoms with Gasteiger partial charge in [-0.25, -0.2) is 9.97 Å². The average molecular weight is 397 g/mol. The van der Waals surface area contributed by atoms with Gasteiger partial charge < -0.3 is 4.74 Å². The number of esters is 1. The van der Waals surface area contributed by atoms with Crippen LogP contribution < -0.4 is 4.74 Å². The van der Waals surface area contributed by atoms with Crippen LogP contribution in [0.5, 0.6) is 5.75 Å². The van der Waals surface area contributed by atoms with Gasteiger partial charge in [0.05, 0.1) is 5.92 Å². The second-order valence-corrected chi connectivity index (χ2v) is 7.92. The Bertz CT molecular complexity index is 711. The highest BCUT2D eigenvalue weighted by Crippen LogP contribution is 2.21. The predicted molar refractivity (Wildman–Crippen MR) is 119 cm³/mol. The number of ether oxygens (including phenoxy) is 1. The lowest BCUT2D eigenvalue weighted by atomic mass is 10.1. The monoisotopic (exact) mass is 396 g/mol. The van der Waals surface area contributed by atoms with Crippen molar-refractivity contribution in [3.05, 3.63) is 42.2 Å². The molecule has 0 bridgehead atoms. The van der Waals surface area contributed by atoms with Crippen LogP contribution >= 0.6 is 0 Å². The molecule has 0 aliphatic rings. The number of rotatable bonds is 13. The van der Waals surface area contributed by atoms with E-state index in [9.17, 15) is 4.79 Å². The Labute approximate surface area is 176 Å². The molecule has 1 aromatic heterocycles. The predicted octanol–water partition coefficient (Wildman–Crippen LogP) is 6.78. The van der Waals surface area contributed by atoms with Crippen LogP contribution in [0.1, 0.15) is 84.1 Å². The maximum atomic E-state index is 12.1. The second-order valence-electron chi connectivity index (χ2n) is 7.92. The van der Waals surface area contributed by atoms with Crippen molar-refractivity contribution in [1.29, 1.82) is 0 Å². The smallest absolute Gasteiger partial charge is 0.314 e. The lowest BCUT2D eigenvalue weighted by Crippen LogP contribution is -2.17. The molecule has 2 aromatic rings. The zero-order valence-electron chi connectivity index (χ0n) is 18.3. The Balaban J connectivity index is 1.82. The molecule has 0 radical (unpaired) electrons. The largest absolute Gasteiger partial charge is 0.426 e.